The number of methoxy groups -OCH3 is 1. The Morgan fingerprint density at radius 3 is 2.31 bits per heavy atom. The largest absolute Gasteiger partial charge is 0.496 e. The Bertz CT molecular complexity index is 1280. The molecule has 3 N–H and O–H groups in total. The molecule has 1 fully saturated rings. The minimum absolute atomic E-state index is 0.0576. The van der Waals surface area contributed by atoms with Gasteiger partial charge in [0.05, 0.1) is 12.7 Å². The standard InChI is InChI=1S/C25H26FN3O3.C2HF3O2/c1-31-23-14-24(27)28-15-21(23)18-9-11-29(12-10-18)25(30)20-8-7-19(13-22(20)26)32-16-17-5-3-2-4-6-17;3-2(4,5)1(6)7/h2-8,13-15,18H,9-12,16H2,1H3,(H2,27,28);(H,6,7). The number of aromatic nitrogens is 1. The van der Waals surface area contributed by atoms with Crippen molar-refractivity contribution < 1.29 is 41.7 Å². The molecule has 0 unspecified atom stereocenters. The molecule has 12 heteroatoms. The molecule has 1 saturated heterocycles. The lowest BCUT2D eigenvalue weighted by molar-refractivity contribution is -0.192. The molecular weight excluding hydrogens is 522 g/mol. The highest BCUT2D eigenvalue weighted by molar-refractivity contribution is 5.94. The van der Waals surface area contributed by atoms with Gasteiger partial charge < -0.3 is 25.2 Å². The number of nitrogens with two attached hydrogens (primary N) is 1. The lowest BCUT2D eigenvalue weighted by Gasteiger charge is -2.32. The second kappa shape index (κ2) is 12.9. The lowest BCUT2D eigenvalue weighted by Crippen LogP contribution is -2.38. The normalized spacial score (nSPS) is 13.7. The van der Waals surface area contributed by atoms with E-state index >= 15 is 0 Å². The van der Waals surface area contributed by atoms with E-state index in [1.54, 1.807) is 30.3 Å². The predicted molar refractivity (Wildman–Crippen MR) is 134 cm³/mol. The molecule has 0 bridgehead atoms. The molecule has 39 heavy (non-hydrogen) atoms. The van der Waals surface area contributed by atoms with E-state index in [1.165, 1.54) is 12.1 Å². The number of nitrogen functional groups attached to an aromatic ring is 1. The average molecular weight is 550 g/mol. The number of anilines is 1. The van der Waals surface area contributed by atoms with E-state index in [2.05, 4.69) is 4.98 Å². The highest BCUT2D eigenvalue weighted by Crippen LogP contribution is 2.35. The second-order valence-electron chi connectivity index (χ2n) is 8.64. The number of halogens is 4. The van der Waals surface area contributed by atoms with Gasteiger partial charge in [-0.15, -0.1) is 0 Å². The van der Waals surface area contributed by atoms with Crippen molar-refractivity contribution in [2.75, 3.05) is 25.9 Å². The number of carbonyl (C=O) groups excluding carboxylic acids is 1. The maximum atomic E-state index is 14.7. The van der Waals surface area contributed by atoms with E-state index < -0.39 is 18.0 Å². The molecule has 1 aliphatic heterocycles. The van der Waals surface area contributed by atoms with E-state index in [1.807, 2.05) is 30.3 Å². The molecule has 0 radical (unpaired) electrons. The number of piperidine rings is 1. The van der Waals surface area contributed by atoms with Crippen LogP contribution in [0.2, 0.25) is 0 Å². The first-order valence-corrected chi connectivity index (χ1v) is 11.8. The van der Waals surface area contributed by atoms with Crippen molar-refractivity contribution in [1.29, 1.82) is 0 Å². The first-order chi connectivity index (χ1) is 18.5. The van der Waals surface area contributed by atoms with E-state index in [9.17, 15) is 22.4 Å². The van der Waals surface area contributed by atoms with Crippen LogP contribution < -0.4 is 15.2 Å². The Kier molecular flexibility index (Phi) is 9.69. The van der Waals surface area contributed by atoms with Crippen molar-refractivity contribution in [3.8, 4) is 11.5 Å². The summed E-state index contributed by atoms with van der Waals surface area (Å²) in [6.45, 7) is 1.40. The smallest absolute Gasteiger partial charge is 0.490 e. The molecule has 4 rings (SSSR count). The number of amides is 1. The average Bonchev–Trinajstić information content (AvgIpc) is 2.92. The van der Waals surface area contributed by atoms with Crippen molar-refractivity contribution >= 4 is 17.7 Å². The molecule has 0 saturated carbocycles. The molecule has 208 valence electrons. The number of benzene rings is 2. The number of carboxylic acid groups (broad SMARTS) is 1. The Hall–Kier alpha value is -4.35. The molecule has 8 nitrogen and oxygen atoms in total. The predicted octanol–water partition coefficient (Wildman–Crippen LogP) is 5.04. The Morgan fingerprint density at radius 2 is 1.74 bits per heavy atom. The Morgan fingerprint density at radius 1 is 1.10 bits per heavy atom. The molecule has 1 aliphatic rings. The third kappa shape index (κ3) is 8.06. The summed E-state index contributed by atoms with van der Waals surface area (Å²) in [7, 11) is 1.60. The zero-order valence-corrected chi connectivity index (χ0v) is 21.0. The van der Waals surface area contributed by atoms with Crippen LogP contribution in [0, 0.1) is 5.82 Å². The minimum atomic E-state index is -5.08. The van der Waals surface area contributed by atoms with Crippen molar-refractivity contribution in [3.05, 3.63) is 83.3 Å². The zero-order chi connectivity index (χ0) is 28.6. The van der Waals surface area contributed by atoms with Gasteiger partial charge in [-0.2, -0.15) is 13.2 Å². The zero-order valence-electron chi connectivity index (χ0n) is 21.0. The van der Waals surface area contributed by atoms with Gasteiger partial charge in [-0.25, -0.2) is 14.2 Å². The van der Waals surface area contributed by atoms with Gasteiger partial charge >= 0.3 is 12.1 Å². The molecule has 0 spiro atoms. The van der Waals surface area contributed by atoms with Crippen molar-refractivity contribution in [1.82, 2.24) is 9.88 Å². The van der Waals surface area contributed by atoms with Crippen LogP contribution in [0.25, 0.3) is 0 Å². The van der Waals surface area contributed by atoms with Gasteiger partial charge in [0, 0.05) is 37.0 Å². The van der Waals surface area contributed by atoms with Crippen LogP contribution in [0.4, 0.5) is 23.4 Å². The molecule has 1 aromatic heterocycles. The number of carbonyl (C=O) groups is 2. The van der Waals surface area contributed by atoms with Crippen LogP contribution in [0.1, 0.15) is 40.2 Å². The summed E-state index contributed by atoms with van der Waals surface area (Å²) >= 11 is 0. The number of nitrogens with zero attached hydrogens (tertiary/aromatic N) is 2. The highest BCUT2D eigenvalue weighted by Gasteiger charge is 2.38. The van der Waals surface area contributed by atoms with Crippen LogP contribution >= 0.6 is 0 Å². The number of aliphatic carboxylic acids is 1. The fourth-order valence-electron chi connectivity index (χ4n) is 4.01. The molecule has 0 aliphatic carbocycles. The molecule has 3 aromatic rings. The molecule has 0 atom stereocenters. The fourth-order valence-corrected chi connectivity index (χ4v) is 4.01. The monoisotopic (exact) mass is 549 g/mol. The molecule has 2 aromatic carbocycles. The molecule has 2 heterocycles. The fraction of sp³-hybridized carbons (Fsp3) is 0.296. The van der Waals surface area contributed by atoms with Crippen LogP contribution in [0.5, 0.6) is 11.5 Å². The van der Waals surface area contributed by atoms with E-state index in [0.29, 0.717) is 37.0 Å². The summed E-state index contributed by atoms with van der Waals surface area (Å²) in [5.41, 5.74) is 7.78. The van der Waals surface area contributed by atoms with E-state index in [4.69, 9.17) is 25.1 Å². The topological polar surface area (TPSA) is 115 Å². The summed E-state index contributed by atoms with van der Waals surface area (Å²) in [4.78, 5) is 27.7. The van der Waals surface area contributed by atoms with E-state index in [0.717, 1.165) is 24.0 Å². The van der Waals surface area contributed by atoms with Gasteiger partial charge in [0.1, 0.15) is 29.7 Å². The van der Waals surface area contributed by atoms with Crippen LogP contribution in [0.3, 0.4) is 0 Å². The number of alkyl halides is 3. The summed E-state index contributed by atoms with van der Waals surface area (Å²) in [6.07, 6.45) is -1.86. The molecule has 1 amide bonds. The number of carboxylic acids is 1. The van der Waals surface area contributed by atoms with Crippen molar-refractivity contribution in [2.45, 2.75) is 31.5 Å². The SMILES string of the molecule is COc1cc(N)ncc1C1CCN(C(=O)c2ccc(OCc3ccccc3)cc2F)CC1.O=C(O)C(F)(F)F. The maximum absolute atomic E-state index is 14.7. The first kappa shape index (κ1) is 29.2. The molecular formula is C27H27F4N3O5. The Balaban J connectivity index is 0.000000532. The van der Waals surface area contributed by atoms with Gasteiger partial charge in [-0.3, -0.25) is 4.79 Å². The van der Waals surface area contributed by atoms with Crippen molar-refractivity contribution in [2.24, 2.45) is 0 Å². The maximum Gasteiger partial charge on any atom is 0.490 e. The lowest BCUT2D eigenvalue weighted by atomic mass is 9.89. The summed E-state index contributed by atoms with van der Waals surface area (Å²) < 4.78 is 57.5. The summed E-state index contributed by atoms with van der Waals surface area (Å²) in [5, 5.41) is 7.12. The summed E-state index contributed by atoms with van der Waals surface area (Å²) in [5.74, 6) is -1.92. The van der Waals surface area contributed by atoms with Crippen LogP contribution in [-0.2, 0) is 11.4 Å². The number of rotatable bonds is 6. The quantitative estimate of drug-likeness (QED) is 0.414. The second-order valence-corrected chi connectivity index (χ2v) is 8.64. The van der Waals surface area contributed by atoms with Gasteiger partial charge in [0.15, 0.2) is 0 Å². The van der Waals surface area contributed by atoms with E-state index in [-0.39, 0.29) is 17.4 Å². The van der Waals surface area contributed by atoms with Gasteiger partial charge in [0.25, 0.3) is 5.91 Å². The number of ether oxygens (including phenoxy) is 2. The highest BCUT2D eigenvalue weighted by atomic mass is 19.4. The minimum Gasteiger partial charge on any atom is -0.496 e. The third-order valence-corrected chi connectivity index (χ3v) is 6.02. The first-order valence-electron chi connectivity index (χ1n) is 11.8. The number of pyridine rings is 1. The number of likely N-dealkylation sites (tertiary alicyclic amines) is 1. The Labute approximate surface area is 222 Å². The van der Waals surface area contributed by atoms with Gasteiger partial charge in [0.2, 0.25) is 0 Å². The third-order valence-electron chi connectivity index (χ3n) is 6.02. The van der Waals surface area contributed by atoms with Crippen LogP contribution in [-0.4, -0.2) is 53.2 Å². The van der Waals surface area contributed by atoms with Gasteiger partial charge in [-0.05, 0) is 36.5 Å². The number of hydrogen-bond donors (Lipinski definition) is 2. The summed E-state index contributed by atoms with van der Waals surface area (Å²) in [6, 6.07) is 15.8. The van der Waals surface area contributed by atoms with Gasteiger partial charge in [-0.1, -0.05) is 30.3 Å². The van der Waals surface area contributed by atoms with Crippen molar-refractivity contribution in [3.63, 3.8) is 0 Å². The number of hydrogen-bond acceptors (Lipinski definition) is 6. The van der Waals surface area contributed by atoms with Crippen LogP contribution in [0.15, 0.2) is 60.8 Å².